The molecular formula is C25H24N2O4. The zero-order valence-electron chi connectivity index (χ0n) is 17.0. The topological polar surface area (TPSA) is 78.9 Å². The summed E-state index contributed by atoms with van der Waals surface area (Å²) in [6, 6.07) is 27.3. The lowest BCUT2D eigenvalue weighted by molar-refractivity contribution is -0.132. The molecule has 6 heteroatoms. The van der Waals surface area contributed by atoms with Crippen molar-refractivity contribution < 1.29 is 19.4 Å². The van der Waals surface area contributed by atoms with Crippen molar-refractivity contribution in [2.24, 2.45) is 0 Å². The molecule has 2 atom stereocenters. The fourth-order valence-corrected chi connectivity index (χ4v) is 3.81. The maximum absolute atomic E-state index is 13.5. The average molecular weight is 416 g/mol. The number of amides is 3. The Morgan fingerprint density at radius 1 is 0.871 bits per heavy atom. The molecule has 4 rings (SSSR count). The Balaban J connectivity index is 1.54. The van der Waals surface area contributed by atoms with Gasteiger partial charge in [0.15, 0.2) is 5.54 Å². The predicted molar refractivity (Wildman–Crippen MR) is 116 cm³/mol. The maximum atomic E-state index is 13.5. The first-order valence-corrected chi connectivity index (χ1v) is 10.2. The summed E-state index contributed by atoms with van der Waals surface area (Å²) in [7, 11) is 0. The molecule has 2 N–H and O–H groups in total. The van der Waals surface area contributed by atoms with Crippen LogP contribution in [0.25, 0.3) is 0 Å². The molecule has 3 aromatic rings. The highest BCUT2D eigenvalue weighted by atomic mass is 16.5. The normalized spacial score (nSPS) is 19.2. The van der Waals surface area contributed by atoms with Gasteiger partial charge in [-0.25, -0.2) is 4.79 Å². The molecule has 1 aliphatic heterocycles. The summed E-state index contributed by atoms with van der Waals surface area (Å²) in [5.41, 5.74) is 0.407. The first-order chi connectivity index (χ1) is 15.1. The number of urea groups is 1. The number of carbonyl (C=O) groups is 2. The van der Waals surface area contributed by atoms with Crippen molar-refractivity contribution in [1.82, 2.24) is 10.2 Å². The Labute approximate surface area is 181 Å². The first kappa shape index (κ1) is 20.6. The van der Waals surface area contributed by atoms with E-state index in [2.05, 4.69) is 5.32 Å². The standard InChI is InChI=1S/C25H24N2O4/c28-21(18-31-22-14-8-3-9-15-22)17-27-23(29)25(26-24(27)30,20-12-6-2-7-13-20)16-19-10-4-1-5-11-19/h1-15,21,28H,16-18H2,(H,26,30)/t21-,25+/m1/s1. The summed E-state index contributed by atoms with van der Waals surface area (Å²) >= 11 is 0. The Morgan fingerprint density at radius 2 is 1.45 bits per heavy atom. The van der Waals surface area contributed by atoms with E-state index in [1.54, 1.807) is 12.1 Å². The number of imide groups is 1. The van der Waals surface area contributed by atoms with Gasteiger partial charge in [0.1, 0.15) is 18.5 Å². The van der Waals surface area contributed by atoms with Crippen LogP contribution >= 0.6 is 0 Å². The summed E-state index contributed by atoms with van der Waals surface area (Å²) in [5, 5.41) is 13.3. The van der Waals surface area contributed by atoms with E-state index in [9.17, 15) is 14.7 Å². The van der Waals surface area contributed by atoms with Gasteiger partial charge in [-0.05, 0) is 23.3 Å². The van der Waals surface area contributed by atoms with Crippen LogP contribution in [0.15, 0.2) is 91.0 Å². The molecule has 0 spiro atoms. The molecular weight excluding hydrogens is 392 g/mol. The largest absolute Gasteiger partial charge is 0.491 e. The highest BCUT2D eigenvalue weighted by Crippen LogP contribution is 2.33. The molecule has 0 radical (unpaired) electrons. The summed E-state index contributed by atoms with van der Waals surface area (Å²) in [4.78, 5) is 27.4. The molecule has 3 amide bonds. The molecule has 0 unspecified atom stereocenters. The summed E-state index contributed by atoms with van der Waals surface area (Å²) in [6.45, 7) is -0.182. The third kappa shape index (κ3) is 4.44. The molecule has 31 heavy (non-hydrogen) atoms. The van der Waals surface area contributed by atoms with Crippen molar-refractivity contribution in [3.05, 3.63) is 102 Å². The molecule has 1 saturated heterocycles. The van der Waals surface area contributed by atoms with Crippen molar-refractivity contribution in [3.63, 3.8) is 0 Å². The molecule has 6 nitrogen and oxygen atoms in total. The molecule has 1 fully saturated rings. The summed E-state index contributed by atoms with van der Waals surface area (Å²) in [5.74, 6) is 0.229. The van der Waals surface area contributed by atoms with Gasteiger partial charge in [-0.2, -0.15) is 0 Å². The number of hydrogen-bond acceptors (Lipinski definition) is 4. The lowest BCUT2D eigenvalue weighted by Gasteiger charge is -2.28. The number of ether oxygens (including phenoxy) is 1. The first-order valence-electron chi connectivity index (χ1n) is 10.2. The van der Waals surface area contributed by atoms with Gasteiger partial charge in [0, 0.05) is 6.42 Å². The molecule has 0 bridgehead atoms. The van der Waals surface area contributed by atoms with Gasteiger partial charge >= 0.3 is 6.03 Å². The van der Waals surface area contributed by atoms with Crippen LogP contribution in [0.5, 0.6) is 5.75 Å². The van der Waals surface area contributed by atoms with Crippen molar-refractivity contribution >= 4 is 11.9 Å². The van der Waals surface area contributed by atoms with E-state index in [1.165, 1.54) is 0 Å². The smallest absolute Gasteiger partial charge is 0.325 e. The van der Waals surface area contributed by atoms with Crippen LogP contribution in [0.3, 0.4) is 0 Å². The van der Waals surface area contributed by atoms with Gasteiger partial charge in [-0.3, -0.25) is 9.69 Å². The van der Waals surface area contributed by atoms with Crippen LogP contribution in [0.1, 0.15) is 11.1 Å². The number of nitrogens with zero attached hydrogens (tertiary/aromatic N) is 1. The van der Waals surface area contributed by atoms with Gasteiger partial charge in [0.2, 0.25) is 0 Å². The molecule has 1 aliphatic rings. The van der Waals surface area contributed by atoms with Crippen LogP contribution in [-0.2, 0) is 16.8 Å². The highest BCUT2D eigenvalue weighted by Gasteiger charge is 2.52. The van der Waals surface area contributed by atoms with Gasteiger partial charge in [0.25, 0.3) is 5.91 Å². The van der Waals surface area contributed by atoms with E-state index in [4.69, 9.17) is 4.74 Å². The number of aliphatic hydroxyl groups excluding tert-OH is 1. The number of β-amino-alcohol motifs (C(OH)–C–C–N with tert-alkyl or cyclic N) is 1. The molecule has 0 aliphatic carbocycles. The maximum Gasteiger partial charge on any atom is 0.325 e. The molecule has 1 heterocycles. The number of benzene rings is 3. The summed E-state index contributed by atoms with van der Waals surface area (Å²) < 4.78 is 5.56. The number of rotatable bonds is 8. The minimum atomic E-state index is -1.22. The zero-order valence-corrected chi connectivity index (χ0v) is 17.0. The zero-order chi connectivity index (χ0) is 21.7. The van der Waals surface area contributed by atoms with Crippen molar-refractivity contribution in [2.75, 3.05) is 13.2 Å². The molecule has 0 saturated carbocycles. The van der Waals surface area contributed by atoms with Gasteiger partial charge < -0.3 is 15.2 Å². The van der Waals surface area contributed by atoms with E-state index < -0.39 is 17.7 Å². The Hall–Kier alpha value is -3.64. The SMILES string of the molecule is O=C1N[C@@](Cc2ccccc2)(c2ccccc2)C(=O)N1C[C@@H](O)COc1ccccc1. The Bertz CT molecular complexity index is 1030. The minimum Gasteiger partial charge on any atom is -0.491 e. The Morgan fingerprint density at radius 3 is 2.10 bits per heavy atom. The van der Waals surface area contributed by atoms with Crippen LogP contribution < -0.4 is 10.1 Å². The molecule has 3 aromatic carbocycles. The van der Waals surface area contributed by atoms with E-state index in [0.29, 0.717) is 17.7 Å². The minimum absolute atomic E-state index is 0.0297. The molecule has 158 valence electrons. The monoisotopic (exact) mass is 416 g/mol. The lowest BCUT2D eigenvalue weighted by atomic mass is 9.83. The van der Waals surface area contributed by atoms with Gasteiger partial charge in [0.05, 0.1) is 6.54 Å². The highest BCUT2D eigenvalue weighted by molar-refractivity contribution is 6.07. The average Bonchev–Trinajstić information content (AvgIpc) is 3.04. The lowest BCUT2D eigenvalue weighted by Crippen LogP contribution is -2.46. The number of carbonyl (C=O) groups excluding carboxylic acids is 2. The number of hydrogen-bond donors (Lipinski definition) is 2. The van der Waals surface area contributed by atoms with Gasteiger partial charge in [-0.1, -0.05) is 78.9 Å². The van der Waals surface area contributed by atoms with E-state index in [-0.39, 0.29) is 19.1 Å². The van der Waals surface area contributed by atoms with Crippen LogP contribution in [0, 0.1) is 0 Å². The number of nitrogens with one attached hydrogen (secondary N) is 1. The number of aliphatic hydroxyl groups is 1. The van der Waals surface area contributed by atoms with Crippen LogP contribution in [-0.4, -0.2) is 41.2 Å². The summed E-state index contributed by atoms with van der Waals surface area (Å²) in [6.07, 6.45) is -0.701. The van der Waals surface area contributed by atoms with E-state index >= 15 is 0 Å². The second kappa shape index (κ2) is 9.02. The van der Waals surface area contributed by atoms with Crippen LogP contribution in [0.2, 0.25) is 0 Å². The molecule has 0 aromatic heterocycles. The number of para-hydroxylation sites is 1. The van der Waals surface area contributed by atoms with Crippen molar-refractivity contribution in [2.45, 2.75) is 18.1 Å². The quantitative estimate of drug-likeness (QED) is 0.553. The van der Waals surface area contributed by atoms with Gasteiger partial charge in [-0.15, -0.1) is 0 Å². The third-order valence-electron chi connectivity index (χ3n) is 5.33. The van der Waals surface area contributed by atoms with E-state index in [0.717, 1.165) is 10.5 Å². The fraction of sp³-hybridized carbons (Fsp3) is 0.200. The van der Waals surface area contributed by atoms with E-state index in [1.807, 2.05) is 78.9 Å². The predicted octanol–water partition coefficient (Wildman–Crippen LogP) is 3.12. The van der Waals surface area contributed by atoms with Crippen LogP contribution in [0.4, 0.5) is 4.79 Å². The second-order valence-electron chi connectivity index (χ2n) is 7.56. The Kier molecular flexibility index (Phi) is 6.00. The second-order valence-corrected chi connectivity index (χ2v) is 7.56. The fourth-order valence-electron chi connectivity index (χ4n) is 3.81. The third-order valence-corrected chi connectivity index (χ3v) is 5.33. The van der Waals surface area contributed by atoms with Crippen molar-refractivity contribution in [1.29, 1.82) is 0 Å². The van der Waals surface area contributed by atoms with Crippen molar-refractivity contribution in [3.8, 4) is 5.75 Å².